The van der Waals surface area contributed by atoms with Crippen molar-refractivity contribution in [3.8, 4) is 0 Å². The van der Waals surface area contributed by atoms with Crippen molar-refractivity contribution in [1.29, 1.82) is 0 Å². The Morgan fingerprint density at radius 1 is 1.08 bits per heavy atom. The lowest BCUT2D eigenvalue weighted by molar-refractivity contribution is 0.389. The number of hydrogen-bond acceptors (Lipinski definition) is 0. The third kappa shape index (κ3) is 10.7. The number of benzene rings is 1. The maximum Gasteiger partial charge on any atom is -0.0155 e. The zero-order chi connectivity index (χ0) is 26.2. The second-order valence-corrected chi connectivity index (χ2v) is 10.8. The van der Waals surface area contributed by atoms with Crippen molar-refractivity contribution < 1.29 is 0 Å². The van der Waals surface area contributed by atoms with Crippen molar-refractivity contribution in [2.75, 3.05) is 0 Å². The lowest BCUT2D eigenvalue weighted by Crippen LogP contribution is -2.03. The number of unbranched alkanes of at least 4 members (excludes halogenated alkanes) is 2. The highest BCUT2D eigenvalue weighted by Gasteiger charge is 2.13. The maximum absolute atomic E-state index is 4.37. The maximum atomic E-state index is 4.37. The summed E-state index contributed by atoms with van der Waals surface area (Å²) in [6, 6.07) is 8.76. The molecule has 36 heavy (non-hydrogen) atoms. The highest BCUT2D eigenvalue weighted by atomic mass is 14.2. The van der Waals surface area contributed by atoms with Gasteiger partial charge in [0.2, 0.25) is 0 Å². The van der Waals surface area contributed by atoms with E-state index in [1.165, 1.54) is 91.2 Å². The molecule has 0 aliphatic heterocycles. The Balaban J connectivity index is 1.68. The zero-order valence-electron chi connectivity index (χ0n) is 23.8. The molecule has 1 aromatic carbocycles. The van der Waals surface area contributed by atoms with E-state index in [9.17, 15) is 0 Å². The van der Waals surface area contributed by atoms with Gasteiger partial charge in [-0.1, -0.05) is 125 Å². The summed E-state index contributed by atoms with van der Waals surface area (Å²) < 4.78 is 0. The summed E-state index contributed by atoms with van der Waals surface area (Å²) in [5.74, 6) is 1.49. The molecule has 1 aliphatic carbocycles. The predicted molar refractivity (Wildman–Crippen MR) is 162 cm³/mol. The van der Waals surface area contributed by atoms with Crippen LogP contribution in [0.1, 0.15) is 103 Å². The molecule has 1 aliphatic rings. The van der Waals surface area contributed by atoms with Crippen LogP contribution in [0, 0.1) is 18.8 Å². The molecule has 0 radical (unpaired) electrons. The first-order chi connectivity index (χ1) is 17.5. The molecule has 2 unspecified atom stereocenters. The summed E-state index contributed by atoms with van der Waals surface area (Å²) in [5, 5.41) is 0. The minimum absolute atomic E-state index is 0.604. The molecule has 0 aromatic heterocycles. The van der Waals surface area contributed by atoms with Crippen molar-refractivity contribution in [2.24, 2.45) is 11.8 Å². The molecule has 2 rings (SSSR count). The van der Waals surface area contributed by atoms with Crippen LogP contribution in [-0.4, -0.2) is 0 Å². The molecule has 0 N–H and O–H groups in total. The average molecular weight is 485 g/mol. The molecular formula is C36H52. The minimum Gasteiger partial charge on any atom is -0.0999 e. The summed E-state index contributed by atoms with van der Waals surface area (Å²) in [7, 11) is 0. The topological polar surface area (TPSA) is 0 Å². The molecule has 0 heteroatoms. The molecular weight excluding hydrogens is 432 g/mol. The Morgan fingerprint density at radius 3 is 2.58 bits per heavy atom. The summed E-state index contributed by atoms with van der Waals surface area (Å²) >= 11 is 0. The molecule has 0 nitrogen and oxygen atoms in total. The number of aryl methyl sites for hydroxylation is 2. The zero-order valence-corrected chi connectivity index (χ0v) is 23.8. The Morgan fingerprint density at radius 2 is 1.86 bits per heavy atom. The summed E-state index contributed by atoms with van der Waals surface area (Å²) in [4.78, 5) is 0. The summed E-state index contributed by atoms with van der Waals surface area (Å²) in [6.07, 6.45) is 28.8. The monoisotopic (exact) mass is 484 g/mol. The molecule has 2 atom stereocenters. The van der Waals surface area contributed by atoms with Crippen molar-refractivity contribution in [1.82, 2.24) is 0 Å². The van der Waals surface area contributed by atoms with Crippen LogP contribution >= 0.6 is 0 Å². The second-order valence-electron chi connectivity index (χ2n) is 10.8. The third-order valence-electron chi connectivity index (χ3n) is 7.84. The standard InChI is InChI=1S/C36H52/c1-7-17-32(21-15-13-18-29(4)24-26-34-22-16-14-19-30(34)5)20-11-10-12-23-35-28-36(27-25-31(35)6)33(8-2)9-3/h8-9,12,14,16,19,22-23,27-28,31-32H,2,4,7,10-11,13,15,17-18,20-21,24-26H2,1,3,5-6H3. The van der Waals surface area contributed by atoms with E-state index in [2.05, 4.69) is 95.5 Å². The quantitative estimate of drug-likeness (QED) is 0.117. The first-order valence-electron chi connectivity index (χ1n) is 14.6. The van der Waals surface area contributed by atoms with E-state index in [-0.39, 0.29) is 0 Å². The van der Waals surface area contributed by atoms with E-state index in [4.69, 9.17) is 0 Å². The highest BCUT2D eigenvalue weighted by molar-refractivity contribution is 5.50. The van der Waals surface area contributed by atoms with Crippen LogP contribution in [0.5, 0.6) is 0 Å². The molecule has 196 valence electrons. The van der Waals surface area contributed by atoms with E-state index in [1.54, 1.807) is 0 Å². The smallest absolute Gasteiger partial charge is 0.0155 e. The van der Waals surface area contributed by atoms with Gasteiger partial charge in [-0.05, 0) is 98.5 Å². The van der Waals surface area contributed by atoms with Gasteiger partial charge in [-0.15, -0.1) is 0 Å². The van der Waals surface area contributed by atoms with Gasteiger partial charge in [-0.3, -0.25) is 0 Å². The molecule has 1 aromatic rings. The first-order valence-corrected chi connectivity index (χ1v) is 14.6. The average Bonchev–Trinajstić information content (AvgIpc) is 2.88. The normalized spacial score (nSPS) is 17.1. The van der Waals surface area contributed by atoms with Crippen LogP contribution in [0.4, 0.5) is 0 Å². The summed E-state index contributed by atoms with van der Waals surface area (Å²) in [5.41, 5.74) is 8.33. The molecule has 0 amide bonds. The van der Waals surface area contributed by atoms with Crippen LogP contribution < -0.4 is 0 Å². The lowest BCUT2D eigenvalue weighted by Gasteiger charge is -2.19. The highest BCUT2D eigenvalue weighted by Crippen LogP contribution is 2.29. The Hall–Kier alpha value is -2.34. The van der Waals surface area contributed by atoms with Crippen molar-refractivity contribution in [2.45, 2.75) is 105 Å². The van der Waals surface area contributed by atoms with Gasteiger partial charge in [0.15, 0.2) is 0 Å². The van der Waals surface area contributed by atoms with Gasteiger partial charge in [0.1, 0.15) is 0 Å². The van der Waals surface area contributed by atoms with Crippen LogP contribution in [0.2, 0.25) is 0 Å². The van der Waals surface area contributed by atoms with Crippen LogP contribution in [0.3, 0.4) is 0 Å². The fourth-order valence-corrected chi connectivity index (χ4v) is 5.36. The number of allylic oxidation sites excluding steroid dienone is 10. The number of hydrogen-bond donors (Lipinski definition) is 0. The first kappa shape index (κ1) is 29.9. The van der Waals surface area contributed by atoms with Gasteiger partial charge in [0.05, 0.1) is 0 Å². The van der Waals surface area contributed by atoms with Crippen molar-refractivity contribution in [3.05, 3.63) is 107 Å². The van der Waals surface area contributed by atoms with E-state index in [0.29, 0.717) is 5.92 Å². The fourth-order valence-electron chi connectivity index (χ4n) is 5.36. The van der Waals surface area contributed by atoms with E-state index in [1.807, 2.05) is 6.08 Å². The van der Waals surface area contributed by atoms with E-state index >= 15 is 0 Å². The molecule has 0 bridgehead atoms. The largest absolute Gasteiger partial charge is 0.0999 e. The van der Waals surface area contributed by atoms with Gasteiger partial charge in [0, 0.05) is 0 Å². The summed E-state index contributed by atoms with van der Waals surface area (Å²) in [6.45, 7) is 17.3. The lowest BCUT2D eigenvalue weighted by atomic mass is 9.86. The predicted octanol–water partition coefficient (Wildman–Crippen LogP) is 11.2. The minimum atomic E-state index is 0.604. The molecule has 0 saturated carbocycles. The van der Waals surface area contributed by atoms with Gasteiger partial charge in [-0.25, -0.2) is 0 Å². The van der Waals surface area contributed by atoms with E-state index < -0.39 is 0 Å². The Kier molecular flexibility index (Phi) is 14.3. The number of rotatable bonds is 17. The van der Waals surface area contributed by atoms with E-state index in [0.717, 1.165) is 25.2 Å². The molecule has 0 fully saturated rings. The van der Waals surface area contributed by atoms with Crippen LogP contribution in [-0.2, 0) is 6.42 Å². The SMILES string of the molecule is C=CC(=CC)C1=CCC(C)C(C=CCCCC(CCC)CCCCC(=C)CCc2ccccc2C)=C1. The van der Waals surface area contributed by atoms with Crippen LogP contribution in [0.15, 0.2) is 96.2 Å². The Labute approximate surface area is 223 Å². The van der Waals surface area contributed by atoms with Gasteiger partial charge >= 0.3 is 0 Å². The Bertz CT molecular complexity index is 933. The molecule has 0 heterocycles. The van der Waals surface area contributed by atoms with Crippen molar-refractivity contribution >= 4 is 0 Å². The van der Waals surface area contributed by atoms with Crippen molar-refractivity contribution in [3.63, 3.8) is 0 Å². The van der Waals surface area contributed by atoms with Gasteiger partial charge < -0.3 is 0 Å². The molecule has 0 saturated heterocycles. The molecule has 0 spiro atoms. The van der Waals surface area contributed by atoms with Crippen LogP contribution in [0.25, 0.3) is 0 Å². The fraction of sp³-hybridized carbons (Fsp3) is 0.500. The van der Waals surface area contributed by atoms with Gasteiger partial charge in [-0.2, -0.15) is 0 Å². The third-order valence-corrected chi connectivity index (χ3v) is 7.84. The second kappa shape index (κ2) is 17.2. The van der Waals surface area contributed by atoms with Gasteiger partial charge in [0.25, 0.3) is 0 Å².